The predicted octanol–water partition coefficient (Wildman–Crippen LogP) is 1.49. The van der Waals surface area contributed by atoms with Crippen LogP contribution in [0.4, 0.5) is 5.69 Å². The maximum Gasteiger partial charge on any atom is 0.256 e. The molecule has 1 rings (SSSR count). The van der Waals surface area contributed by atoms with Gasteiger partial charge in [0.05, 0.1) is 42.1 Å². The van der Waals surface area contributed by atoms with Gasteiger partial charge in [0, 0.05) is 6.07 Å². The summed E-state index contributed by atoms with van der Waals surface area (Å²) in [5, 5.41) is 2.59. The number of carbonyl (C=O) groups is 1. The molecule has 0 heterocycles. The first-order valence-corrected chi connectivity index (χ1v) is 12.5. The van der Waals surface area contributed by atoms with Crippen molar-refractivity contribution in [3.05, 3.63) is 22.7 Å². The molecule has 0 spiro atoms. The van der Waals surface area contributed by atoms with Gasteiger partial charge in [-0.25, -0.2) is 16.8 Å². The molecule has 1 N–H and O–H groups in total. The Bertz CT molecular complexity index is 898. The van der Waals surface area contributed by atoms with Gasteiger partial charge in [-0.1, -0.05) is 25.4 Å². The van der Waals surface area contributed by atoms with Crippen LogP contribution in [0.15, 0.2) is 12.1 Å². The fraction of sp³-hybridized carbons (Fsp3) is 0.562. The van der Waals surface area contributed by atoms with E-state index >= 15 is 0 Å². The maximum atomic E-state index is 12.8. The summed E-state index contributed by atoms with van der Waals surface area (Å²) in [6, 6.07) is 2.30. The first kappa shape index (κ1) is 24.5. The first-order chi connectivity index (χ1) is 12.8. The third kappa shape index (κ3) is 5.72. The molecule has 0 saturated carbocycles. The lowest BCUT2D eigenvalue weighted by molar-refractivity contribution is 0.0872. The Morgan fingerprint density at radius 3 is 2.04 bits per heavy atom. The number of halogens is 1. The summed E-state index contributed by atoms with van der Waals surface area (Å²) < 4.78 is 53.6. The molecular weight excluding hydrogens is 430 g/mol. The van der Waals surface area contributed by atoms with Crippen LogP contribution < -0.4 is 13.8 Å². The van der Waals surface area contributed by atoms with Crippen molar-refractivity contribution in [2.75, 3.05) is 36.4 Å². The third-order valence-electron chi connectivity index (χ3n) is 4.01. The molecule has 1 unspecified atom stereocenters. The highest BCUT2D eigenvalue weighted by Crippen LogP contribution is 2.35. The number of sulfonamides is 2. The zero-order chi connectivity index (χ0) is 21.9. The van der Waals surface area contributed by atoms with E-state index in [9.17, 15) is 21.6 Å². The van der Waals surface area contributed by atoms with Gasteiger partial charge in [-0.15, -0.1) is 0 Å². The molecule has 0 fully saturated rings. The number of benzene rings is 1. The van der Waals surface area contributed by atoms with Gasteiger partial charge >= 0.3 is 0 Å². The Morgan fingerprint density at radius 1 is 1.14 bits per heavy atom. The van der Waals surface area contributed by atoms with E-state index in [0.717, 1.165) is 18.6 Å². The Hall–Kier alpha value is -1.56. The molecule has 0 aromatic heterocycles. The Kier molecular flexibility index (Phi) is 8.12. The van der Waals surface area contributed by atoms with Gasteiger partial charge in [-0.05, 0) is 26.1 Å². The van der Waals surface area contributed by atoms with Crippen molar-refractivity contribution in [1.29, 1.82) is 0 Å². The van der Waals surface area contributed by atoms with Crippen LogP contribution in [0.1, 0.15) is 31.1 Å². The number of hydrogen-bond donors (Lipinski definition) is 1. The second kappa shape index (κ2) is 9.29. The van der Waals surface area contributed by atoms with Gasteiger partial charge in [0.15, 0.2) is 0 Å². The van der Waals surface area contributed by atoms with Crippen LogP contribution in [-0.2, 0) is 20.0 Å². The number of nitrogens with zero attached hydrogens (tertiary/aromatic N) is 2. The van der Waals surface area contributed by atoms with Gasteiger partial charge in [0.1, 0.15) is 5.75 Å². The van der Waals surface area contributed by atoms with Crippen LogP contribution in [-0.4, -0.2) is 66.5 Å². The van der Waals surface area contributed by atoms with Crippen molar-refractivity contribution < 1.29 is 26.4 Å². The predicted molar refractivity (Wildman–Crippen MR) is 110 cm³/mol. The smallest absolute Gasteiger partial charge is 0.256 e. The van der Waals surface area contributed by atoms with Gasteiger partial charge in [-0.3, -0.25) is 9.69 Å². The van der Waals surface area contributed by atoms with Crippen LogP contribution in [0.3, 0.4) is 0 Å². The summed E-state index contributed by atoms with van der Waals surface area (Å²) in [6.07, 6.45) is 1.15. The minimum absolute atomic E-state index is 0.0433. The monoisotopic (exact) mass is 455 g/mol. The Morgan fingerprint density at radius 2 is 1.64 bits per heavy atom. The van der Waals surface area contributed by atoms with E-state index in [4.69, 9.17) is 16.3 Å². The first-order valence-electron chi connectivity index (χ1n) is 8.40. The standard InChI is InChI=1S/C16H26ClN3O6S2/c1-7-19(8-2)11(3)18-16(21)12-9-14(13(17)10-15(12)26-4)20(27(5,22)23)28(6,24)25/h9-11H,7-8H2,1-6H3,(H,18,21). The summed E-state index contributed by atoms with van der Waals surface area (Å²) in [5.41, 5.74) is -0.397. The van der Waals surface area contributed by atoms with E-state index in [1.807, 2.05) is 18.7 Å². The molecule has 9 nitrogen and oxygen atoms in total. The SMILES string of the molecule is CCN(CC)C(C)NC(=O)c1cc(N(S(C)(=O)=O)S(C)(=O)=O)c(Cl)cc1OC. The molecule has 0 aliphatic carbocycles. The van der Waals surface area contributed by atoms with E-state index in [-0.39, 0.29) is 31.9 Å². The lowest BCUT2D eigenvalue weighted by Gasteiger charge is -2.27. The summed E-state index contributed by atoms with van der Waals surface area (Å²) in [5.74, 6) is -0.476. The van der Waals surface area contributed by atoms with Crippen molar-refractivity contribution in [1.82, 2.24) is 10.2 Å². The number of nitrogens with one attached hydrogen (secondary N) is 1. The number of methoxy groups -OCH3 is 1. The average Bonchev–Trinajstić information content (AvgIpc) is 2.54. The van der Waals surface area contributed by atoms with Crippen LogP contribution in [0.5, 0.6) is 5.75 Å². The number of carbonyl (C=O) groups excluding carboxylic acids is 1. The molecule has 0 saturated heterocycles. The zero-order valence-corrected chi connectivity index (χ0v) is 19.1. The largest absolute Gasteiger partial charge is 0.496 e. The van der Waals surface area contributed by atoms with Crippen LogP contribution >= 0.6 is 11.6 Å². The summed E-state index contributed by atoms with van der Waals surface area (Å²) in [6.45, 7) is 7.10. The fourth-order valence-electron chi connectivity index (χ4n) is 2.76. The molecule has 1 aromatic carbocycles. The number of ether oxygens (including phenoxy) is 1. The summed E-state index contributed by atoms with van der Waals surface area (Å²) in [4.78, 5) is 14.8. The Balaban J connectivity index is 3.53. The molecule has 0 aliphatic heterocycles. The number of hydrogen-bond acceptors (Lipinski definition) is 7. The van der Waals surface area contributed by atoms with Gasteiger partial charge in [0.25, 0.3) is 5.91 Å². The summed E-state index contributed by atoms with van der Waals surface area (Å²) in [7, 11) is -7.13. The molecule has 1 atom stereocenters. The molecule has 160 valence electrons. The molecule has 0 radical (unpaired) electrons. The van der Waals surface area contributed by atoms with E-state index < -0.39 is 26.0 Å². The van der Waals surface area contributed by atoms with Crippen LogP contribution in [0.25, 0.3) is 0 Å². The second-order valence-corrected chi connectivity index (χ2v) is 10.4. The Labute approximate surface area is 171 Å². The van der Waals surface area contributed by atoms with Crippen LogP contribution in [0, 0.1) is 0 Å². The minimum Gasteiger partial charge on any atom is -0.496 e. The maximum absolute atomic E-state index is 12.8. The minimum atomic E-state index is -4.22. The number of amides is 1. The zero-order valence-electron chi connectivity index (χ0n) is 16.7. The average molecular weight is 456 g/mol. The van der Waals surface area contributed by atoms with E-state index in [1.165, 1.54) is 13.2 Å². The summed E-state index contributed by atoms with van der Waals surface area (Å²) >= 11 is 6.10. The molecule has 0 bridgehead atoms. The van der Waals surface area contributed by atoms with Crippen molar-refractivity contribution in [2.24, 2.45) is 0 Å². The fourth-order valence-corrected chi connectivity index (χ4v) is 6.09. The third-order valence-corrected chi connectivity index (χ3v) is 7.54. The van der Waals surface area contributed by atoms with Gasteiger partial charge in [-0.2, -0.15) is 3.71 Å². The molecule has 28 heavy (non-hydrogen) atoms. The molecular formula is C16H26ClN3O6S2. The van der Waals surface area contributed by atoms with E-state index in [1.54, 1.807) is 6.92 Å². The van der Waals surface area contributed by atoms with Crippen molar-refractivity contribution >= 4 is 43.2 Å². The highest BCUT2D eigenvalue weighted by molar-refractivity contribution is 8.09. The van der Waals surface area contributed by atoms with E-state index in [0.29, 0.717) is 13.1 Å². The highest BCUT2D eigenvalue weighted by Gasteiger charge is 2.31. The molecule has 12 heteroatoms. The van der Waals surface area contributed by atoms with E-state index in [2.05, 4.69) is 5.32 Å². The van der Waals surface area contributed by atoms with Crippen molar-refractivity contribution in [3.63, 3.8) is 0 Å². The van der Waals surface area contributed by atoms with Gasteiger partial charge < -0.3 is 10.1 Å². The number of anilines is 1. The van der Waals surface area contributed by atoms with Gasteiger partial charge in [0.2, 0.25) is 20.0 Å². The molecule has 1 aromatic rings. The van der Waals surface area contributed by atoms with Crippen LogP contribution in [0.2, 0.25) is 5.02 Å². The number of rotatable bonds is 9. The van der Waals surface area contributed by atoms with Crippen molar-refractivity contribution in [3.8, 4) is 5.75 Å². The lowest BCUT2D eigenvalue weighted by atomic mass is 10.1. The quantitative estimate of drug-likeness (QED) is 0.561. The molecule has 1 amide bonds. The second-order valence-electron chi connectivity index (χ2n) is 6.10. The van der Waals surface area contributed by atoms with Crippen molar-refractivity contribution in [2.45, 2.75) is 26.9 Å². The lowest BCUT2D eigenvalue weighted by Crippen LogP contribution is -2.46. The molecule has 0 aliphatic rings. The normalized spacial score (nSPS) is 13.3. The topological polar surface area (TPSA) is 113 Å². The highest BCUT2D eigenvalue weighted by atomic mass is 35.5.